The van der Waals surface area contributed by atoms with Gasteiger partial charge in [0.1, 0.15) is 26.6 Å². The minimum atomic E-state index is -0.770. The average molecular weight is 508 g/mol. The highest BCUT2D eigenvalue weighted by Crippen LogP contribution is 2.53. The molecule has 5 nitrogen and oxygen atoms in total. The second kappa shape index (κ2) is 9.85. The maximum absolute atomic E-state index is 14.8. The van der Waals surface area contributed by atoms with E-state index in [0.717, 1.165) is 10.6 Å². The van der Waals surface area contributed by atoms with Crippen LogP contribution >= 0.6 is 23.1 Å². The summed E-state index contributed by atoms with van der Waals surface area (Å²) in [6, 6.07) is 22.5. The largest absolute Gasteiger partial charge is 0.324 e. The van der Waals surface area contributed by atoms with Gasteiger partial charge in [0.25, 0.3) is 0 Å². The van der Waals surface area contributed by atoms with E-state index in [0.29, 0.717) is 34.1 Å². The molecule has 4 aromatic rings. The fraction of sp³-hybridized carbons (Fsp3) is 0.192. The molecular formula is C26H23F2N5S2. The van der Waals surface area contributed by atoms with Crippen LogP contribution in [0.25, 0.3) is 0 Å². The summed E-state index contributed by atoms with van der Waals surface area (Å²) in [4.78, 5) is -0.770. The zero-order valence-electron chi connectivity index (χ0n) is 18.9. The van der Waals surface area contributed by atoms with Crippen LogP contribution in [0.5, 0.6) is 0 Å². The summed E-state index contributed by atoms with van der Waals surface area (Å²) in [5, 5.41) is 17.2. The Hall–Kier alpha value is -3.14. The predicted molar refractivity (Wildman–Crippen MR) is 138 cm³/mol. The topological polar surface area (TPSA) is 67.4 Å². The first-order valence-corrected chi connectivity index (χ1v) is 12.8. The van der Waals surface area contributed by atoms with Crippen molar-refractivity contribution >= 4 is 33.3 Å². The van der Waals surface area contributed by atoms with Crippen LogP contribution in [0, 0.1) is 18.6 Å². The Morgan fingerprint density at radius 2 is 1.60 bits per heavy atom. The second-order valence-corrected chi connectivity index (χ2v) is 10.6. The SMILES string of the molecule is Cc1nnc(N2N=C(c3ccccc3F)SC2(CCC(N)c2ccccc2F)c2ccccc2)s1. The number of nitrogens with two attached hydrogens (primary N) is 1. The minimum absolute atomic E-state index is 0.326. The van der Waals surface area contributed by atoms with Gasteiger partial charge in [-0.1, -0.05) is 83.8 Å². The van der Waals surface area contributed by atoms with E-state index >= 15 is 0 Å². The zero-order chi connectivity index (χ0) is 24.4. The normalized spacial score (nSPS) is 18.5. The first-order chi connectivity index (χ1) is 17.0. The summed E-state index contributed by atoms with van der Waals surface area (Å²) >= 11 is 2.87. The van der Waals surface area contributed by atoms with Gasteiger partial charge in [-0.05, 0) is 43.5 Å². The van der Waals surface area contributed by atoms with Gasteiger partial charge in [-0.3, -0.25) is 0 Å². The molecule has 1 aliphatic heterocycles. The molecule has 0 saturated carbocycles. The van der Waals surface area contributed by atoms with Gasteiger partial charge in [0.05, 0.1) is 0 Å². The van der Waals surface area contributed by atoms with Crippen LogP contribution in [0.2, 0.25) is 0 Å². The van der Waals surface area contributed by atoms with Gasteiger partial charge in [0.15, 0.2) is 0 Å². The third kappa shape index (κ3) is 4.59. The number of halogens is 2. The van der Waals surface area contributed by atoms with E-state index in [4.69, 9.17) is 10.8 Å². The van der Waals surface area contributed by atoms with Crippen molar-refractivity contribution in [3.63, 3.8) is 0 Å². The van der Waals surface area contributed by atoms with Gasteiger partial charge in [0.2, 0.25) is 5.13 Å². The summed E-state index contributed by atoms with van der Waals surface area (Å²) in [6.45, 7) is 1.88. The Kier molecular flexibility index (Phi) is 6.64. The lowest BCUT2D eigenvalue weighted by molar-refractivity contribution is 0.474. The van der Waals surface area contributed by atoms with Gasteiger partial charge >= 0.3 is 0 Å². The third-order valence-corrected chi connectivity index (χ3v) is 8.18. The van der Waals surface area contributed by atoms with Crippen molar-refractivity contribution in [3.05, 3.63) is 112 Å². The van der Waals surface area contributed by atoms with E-state index in [1.165, 1.54) is 35.2 Å². The molecule has 9 heteroatoms. The molecule has 2 heterocycles. The van der Waals surface area contributed by atoms with Gasteiger partial charge < -0.3 is 5.73 Å². The Morgan fingerprint density at radius 3 is 2.29 bits per heavy atom. The number of nitrogens with zero attached hydrogens (tertiary/aromatic N) is 4. The highest BCUT2D eigenvalue weighted by Gasteiger charge is 2.48. The molecular weight excluding hydrogens is 484 g/mol. The van der Waals surface area contributed by atoms with Gasteiger partial charge in [-0.25, -0.2) is 13.8 Å². The monoisotopic (exact) mass is 507 g/mol. The highest BCUT2D eigenvalue weighted by atomic mass is 32.2. The number of thioether (sulfide) groups is 1. The summed E-state index contributed by atoms with van der Waals surface area (Å²) in [5.41, 5.74) is 8.33. The van der Waals surface area contributed by atoms with Crippen LogP contribution in [0.4, 0.5) is 13.9 Å². The summed E-state index contributed by atoms with van der Waals surface area (Å²) in [5.74, 6) is -0.674. The van der Waals surface area contributed by atoms with Crippen LogP contribution in [-0.4, -0.2) is 15.2 Å². The molecule has 0 aliphatic carbocycles. The lowest BCUT2D eigenvalue weighted by Gasteiger charge is -2.36. The predicted octanol–water partition coefficient (Wildman–Crippen LogP) is 6.37. The molecule has 2 atom stereocenters. The van der Waals surface area contributed by atoms with Crippen LogP contribution in [0.3, 0.4) is 0 Å². The van der Waals surface area contributed by atoms with E-state index in [1.54, 1.807) is 36.4 Å². The molecule has 0 saturated heterocycles. The highest BCUT2D eigenvalue weighted by molar-refractivity contribution is 8.15. The molecule has 0 spiro atoms. The molecule has 1 aliphatic rings. The summed E-state index contributed by atoms with van der Waals surface area (Å²) in [6.07, 6.45) is 0.981. The molecule has 35 heavy (non-hydrogen) atoms. The van der Waals surface area contributed by atoms with Crippen molar-refractivity contribution in [1.82, 2.24) is 10.2 Å². The van der Waals surface area contributed by atoms with Crippen molar-refractivity contribution in [2.24, 2.45) is 10.8 Å². The summed E-state index contributed by atoms with van der Waals surface area (Å²) in [7, 11) is 0. The van der Waals surface area contributed by atoms with E-state index in [-0.39, 0.29) is 11.6 Å². The van der Waals surface area contributed by atoms with Gasteiger partial charge in [-0.2, -0.15) is 5.10 Å². The molecule has 178 valence electrons. The molecule has 0 radical (unpaired) electrons. The van der Waals surface area contributed by atoms with Crippen molar-refractivity contribution in [1.29, 1.82) is 0 Å². The Balaban J connectivity index is 1.59. The third-order valence-electron chi connectivity index (χ3n) is 5.92. The van der Waals surface area contributed by atoms with Crippen molar-refractivity contribution in [2.75, 3.05) is 5.01 Å². The van der Waals surface area contributed by atoms with Crippen LogP contribution in [0.1, 0.15) is 40.6 Å². The van der Waals surface area contributed by atoms with Crippen LogP contribution < -0.4 is 10.7 Å². The molecule has 0 fully saturated rings. The van der Waals surface area contributed by atoms with E-state index in [9.17, 15) is 8.78 Å². The lowest BCUT2D eigenvalue weighted by Crippen LogP contribution is -2.38. The number of hydrazone groups is 1. The average Bonchev–Trinajstić information content (AvgIpc) is 3.48. The van der Waals surface area contributed by atoms with Crippen LogP contribution in [-0.2, 0) is 4.87 Å². The number of aromatic nitrogens is 2. The quantitative estimate of drug-likeness (QED) is 0.315. The number of hydrogen-bond acceptors (Lipinski definition) is 7. The first kappa shape index (κ1) is 23.6. The smallest absolute Gasteiger partial charge is 0.230 e. The molecule has 1 aromatic heterocycles. The first-order valence-electron chi connectivity index (χ1n) is 11.2. The van der Waals surface area contributed by atoms with E-state index in [1.807, 2.05) is 42.3 Å². The van der Waals surface area contributed by atoms with Crippen molar-refractivity contribution in [2.45, 2.75) is 30.7 Å². The fourth-order valence-corrected chi connectivity index (χ4v) is 6.35. The van der Waals surface area contributed by atoms with Crippen molar-refractivity contribution in [3.8, 4) is 0 Å². The lowest BCUT2D eigenvalue weighted by atomic mass is 9.95. The van der Waals surface area contributed by atoms with Gasteiger partial charge in [-0.15, -0.1) is 10.2 Å². The van der Waals surface area contributed by atoms with E-state index in [2.05, 4.69) is 10.2 Å². The van der Waals surface area contributed by atoms with Crippen molar-refractivity contribution < 1.29 is 8.78 Å². The van der Waals surface area contributed by atoms with Crippen LogP contribution in [0.15, 0.2) is 84.0 Å². The van der Waals surface area contributed by atoms with Gasteiger partial charge in [0, 0.05) is 17.2 Å². The molecule has 0 amide bonds. The molecule has 2 unspecified atom stereocenters. The minimum Gasteiger partial charge on any atom is -0.324 e. The zero-order valence-corrected chi connectivity index (χ0v) is 20.6. The Bertz CT molecular complexity index is 1360. The number of aryl methyl sites for hydroxylation is 1. The number of hydrogen-bond donors (Lipinski definition) is 1. The number of benzene rings is 3. The Morgan fingerprint density at radius 1 is 0.914 bits per heavy atom. The maximum atomic E-state index is 14.8. The molecule has 5 rings (SSSR count). The summed E-state index contributed by atoms with van der Waals surface area (Å²) < 4.78 is 29.3. The Labute approximate surface area is 210 Å². The molecule has 2 N–H and O–H groups in total. The second-order valence-electron chi connectivity index (χ2n) is 8.22. The fourth-order valence-electron chi connectivity index (χ4n) is 4.17. The number of anilines is 1. The standard InChI is InChI=1S/C26H23F2N5S2/c1-17-30-31-25(34-17)33-26(18-9-3-2-4-10-18,16-15-23(29)19-11-5-7-13-21(19)27)35-24(32-33)20-12-6-8-14-22(20)28/h2-14,23H,15-16,29H2,1H3. The van der Waals surface area contributed by atoms with E-state index < -0.39 is 10.9 Å². The molecule has 3 aromatic carbocycles. The number of rotatable bonds is 7. The maximum Gasteiger partial charge on any atom is 0.230 e. The molecule has 0 bridgehead atoms.